The smallest absolute Gasteiger partial charge is 0.172 e. The van der Waals surface area contributed by atoms with Crippen LogP contribution >= 0.6 is 0 Å². The van der Waals surface area contributed by atoms with Gasteiger partial charge in [0, 0.05) is 71.7 Å². The number of ether oxygens (including phenoxy) is 13. The van der Waals surface area contributed by atoms with Crippen molar-refractivity contribution in [3.05, 3.63) is 0 Å². The van der Waals surface area contributed by atoms with E-state index in [1.54, 1.807) is 28.3 Å². The van der Waals surface area contributed by atoms with Crippen molar-refractivity contribution in [3.63, 3.8) is 0 Å². The molecule has 16 heteroatoms. The second-order valence-electron chi connectivity index (χ2n) is 21.4. The summed E-state index contributed by atoms with van der Waals surface area (Å²) in [6.45, 7) is 14.3. The Balaban J connectivity index is 0.753. The number of carbonyl (C=O) groups is 1. The minimum absolute atomic E-state index is 0.00183. The predicted octanol–water partition coefficient (Wildman–Crippen LogP) is 4.94. The summed E-state index contributed by atoms with van der Waals surface area (Å²) in [6, 6.07) is 0. The predicted molar refractivity (Wildman–Crippen MR) is 226 cm³/mol. The lowest BCUT2D eigenvalue weighted by Crippen LogP contribution is -2.58. The van der Waals surface area contributed by atoms with Crippen molar-refractivity contribution >= 4 is 5.78 Å². The average molecular weight is 911 g/mol. The van der Waals surface area contributed by atoms with E-state index >= 15 is 0 Å². The monoisotopic (exact) mass is 911 g/mol. The molecule has 9 aliphatic rings. The van der Waals surface area contributed by atoms with Gasteiger partial charge in [-0.25, -0.2) is 0 Å². The van der Waals surface area contributed by atoms with Crippen molar-refractivity contribution in [2.45, 2.75) is 248 Å². The highest BCUT2D eigenvalue weighted by Gasteiger charge is 2.70. The molecule has 2 N–H and O–H groups in total. The van der Waals surface area contributed by atoms with Crippen LogP contribution in [0.5, 0.6) is 0 Å². The van der Waals surface area contributed by atoms with E-state index in [2.05, 4.69) is 20.8 Å². The van der Waals surface area contributed by atoms with E-state index < -0.39 is 91.3 Å². The van der Waals surface area contributed by atoms with Crippen molar-refractivity contribution in [2.24, 2.45) is 28.6 Å². The van der Waals surface area contributed by atoms with Gasteiger partial charge >= 0.3 is 0 Å². The molecule has 25 atom stereocenters. The number of aliphatic hydroxyl groups excluding tert-OH is 2. The second kappa shape index (κ2) is 18.8. The Morgan fingerprint density at radius 2 is 1.12 bits per heavy atom. The van der Waals surface area contributed by atoms with E-state index in [1.165, 1.54) is 0 Å². The summed E-state index contributed by atoms with van der Waals surface area (Å²) < 4.78 is 82.5. The molecule has 64 heavy (non-hydrogen) atoms. The van der Waals surface area contributed by atoms with E-state index in [-0.39, 0.29) is 60.3 Å². The van der Waals surface area contributed by atoms with Crippen LogP contribution in [0, 0.1) is 28.6 Å². The number of carbonyl (C=O) groups excluding carboxylic acids is 1. The van der Waals surface area contributed by atoms with Gasteiger partial charge in [-0.15, -0.1) is 0 Å². The number of methoxy groups -OCH3 is 3. The first kappa shape index (κ1) is 48.1. The molecule has 366 valence electrons. The number of Topliss-reactive ketones (excluding diaryl/α,β-unsaturated/α-hetero) is 1. The maximum Gasteiger partial charge on any atom is 0.172 e. The van der Waals surface area contributed by atoms with Crippen LogP contribution in [0.4, 0.5) is 0 Å². The van der Waals surface area contributed by atoms with Gasteiger partial charge in [-0.2, -0.15) is 0 Å². The van der Waals surface area contributed by atoms with Gasteiger partial charge in [-0.3, -0.25) is 4.79 Å². The van der Waals surface area contributed by atoms with Crippen LogP contribution in [0.25, 0.3) is 0 Å². The minimum Gasteiger partial charge on any atom is -0.390 e. The van der Waals surface area contributed by atoms with E-state index in [0.717, 1.165) is 44.9 Å². The lowest BCUT2D eigenvalue weighted by molar-refractivity contribution is -0.346. The molecule has 16 nitrogen and oxygen atoms in total. The maximum absolute atomic E-state index is 13.4. The molecule has 0 aromatic carbocycles. The number of aliphatic hydroxyl groups is 2. The summed E-state index contributed by atoms with van der Waals surface area (Å²) in [5, 5.41) is 21.9. The lowest BCUT2D eigenvalue weighted by atomic mass is 9.52. The van der Waals surface area contributed by atoms with Gasteiger partial charge in [0.2, 0.25) is 0 Å². The molecule has 0 aromatic heterocycles. The number of fused-ring (bicyclic) bond motifs is 5. The van der Waals surface area contributed by atoms with E-state index in [1.807, 2.05) is 20.8 Å². The number of ketones is 1. The van der Waals surface area contributed by atoms with Gasteiger partial charge in [0.15, 0.2) is 30.9 Å². The second-order valence-corrected chi connectivity index (χ2v) is 21.4. The van der Waals surface area contributed by atoms with Crippen molar-refractivity contribution in [3.8, 4) is 0 Å². The Morgan fingerprint density at radius 1 is 0.578 bits per heavy atom. The molecule has 3 saturated carbocycles. The first-order valence-electron chi connectivity index (χ1n) is 24.6. The zero-order valence-electron chi connectivity index (χ0n) is 39.8. The molecule has 0 unspecified atom stereocenters. The fourth-order valence-electron chi connectivity index (χ4n) is 14.1. The van der Waals surface area contributed by atoms with Gasteiger partial charge < -0.3 is 71.8 Å². The van der Waals surface area contributed by atoms with Crippen LogP contribution in [-0.2, 0) is 66.4 Å². The summed E-state index contributed by atoms with van der Waals surface area (Å²) in [6.07, 6.45) is 0.0931. The average Bonchev–Trinajstić information content (AvgIpc) is 3.77. The third-order valence-corrected chi connectivity index (χ3v) is 17.8. The zero-order chi connectivity index (χ0) is 45.5. The Bertz CT molecular complexity index is 1610. The lowest BCUT2D eigenvalue weighted by Gasteiger charge is -2.57. The van der Waals surface area contributed by atoms with Gasteiger partial charge in [-0.05, 0) is 91.4 Å². The van der Waals surface area contributed by atoms with Crippen molar-refractivity contribution in [1.82, 2.24) is 0 Å². The summed E-state index contributed by atoms with van der Waals surface area (Å²) >= 11 is 0. The standard InChI is InChI=1S/C48H78O16/c1-23-30-11-12-36(50)47(30,7)37-22-35-46(6)15-14-29(17-28(46)13-16-48(35,63-23)64-37)59-39-20-33(53-9)44(26(4)57-39)61-38-18-31(49)43(25(3)56-38)60-41-21-34(54-10)45(27(5)58-41)62-40-19-32(52-8)42(51)24(2)55-40/h23-35,37-45,49,51H,11-22H2,1-10H3/t23-,24+,25+,26+,27+,28-,29-,30-,31-,32+,33-,34+,35+,37+,38-,39-,40-,41-,42+,43+,44+,45+,46-,47+,48-/m0/s1. The Labute approximate surface area is 379 Å². The zero-order valence-corrected chi connectivity index (χ0v) is 39.8. The molecule has 0 amide bonds. The molecule has 1 spiro atoms. The molecule has 6 heterocycles. The fourth-order valence-corrected chi connectivity index (χ4v) is 14.1. The van der Waals surface area contributed by atoms with E-state index in [9.17, 15) is 15.0 Å². The number of hydrogen-bond acceptors (Lipinski definition) is 16. The van der Waals surface area contributed by atoms with E-state index in [0.29, 0.717) is 37.4 Å². The van der Waals surface area contributed by atoms with Crippen LogP contribution in [0.3, 0.4) is 0 Å². The third-order valence-electron chi connectivity index (χ3n) is 17.8. The number of rotatable bonds is 11. The highest BCUT2D eigenvalue weighted by Crippen LogP contribution is 2.67. The van der Waals surface area contributed by atoms with Crippen molar-refractivity contribution in [1.29, 1.82) is 0 Å². The quantitative estimate of drug-likeness (QED) is 0.266. The summed E-state index contributed by atoms with van der Waals surface area (Å²) in [5.74, 6) is 0.674. The Kier molecular flexibility index (Phi) is 14.1. The summed E-state index contributed by atoms with van der Waals surface area (Å²) in [4.78, 5) is 13.4. The molecule has 3 aliphatic carbocycles. The topological polar surface area (TPSA) is 178 Å². The molecular weight excluding hydrogens is 833 g/mol. The first-order valence-corrected chi connectivity index (χ1v) is 24.6. The van der Waals surface area contributed by atoms with E-state index in [4.69, 9.17) is 61.6 Å². The van der Waals surface area contributed by atoms with Crippen LogP contribution in [0.15, 0.2) is 0 Å². The van der Waals surface area contributed by atoms with Crippen LogP contribution in [-0.4, -0.2) is 160 Å². The van der Waals surface area contributed by atoms with Crippen LogP contribution < -0.4 is 0 Å². The molecule has 6 saturated heterocycles. The molecule has 9 fully saturated rings. The van der Waals surface area contributed by atoms with Gasteiger partial charge in [0.1, 0.15) is 30.2 Å². The fraction of sp³-hybridized carbons (Fsp3) is 0.979. The molecule has 6 aliphatic heterocycles. The molecule has 0 radical (unpaired) electrons. The SMILES string of the molecule is CO[C@H]1C[C@H](O[C@H]2CC[C@@]3(C)[C@@H](CC[C@@]45O[C@@H](C)[C@@H]6CCC(=O)[C@]6(C)[C@@H](C[C@@H]43)O5)C2)O[C@H](C)[C@H]1O[C@H]1C[C@H](O)[C@H](O[C@H]2C[C@@H](OC)[C@H](O[C@H]3C[C@@H](OC)[C@H](O)[C@@H](C)O3)[C@@H](C)O2)[C@@H](C)O1. The van der Waals surface area contributed by atoms with Crippen LogP contribution in [0.2, 0.25) is 0 Å². The first-order chi connectivity index (χ1) is 30.5. The largest absolute Gasteiger partial charge is 0.390 e. The van der Waals surface area contributed by atoms with Crippen molar-refractivity contribution in [2.75, 3.05) is 21.3 Å². The molecule has 2 bridgehead atoms. The summed E-state index contributed by atoms with van der Waals surface area (Å²) in [7, 11) is 4.88. The normalized spacial score (nSPS) is 55.3. The van der Waals surface area contributed by atoms with Gasteiger partial charge in [0.05, 0.1) is 72.6 Å². The number of hydrogen-bond donors (Lipinski definition) is 2. The Morgan fingerprint density at radius 3 is 1.73 bits per heavy atom. The van der Waals surface area contributed by atoms with Crippen LogP contribution in [0.1, 0.15) is 126 Å². The molecule has 0 aromatic rings. The maximum atomic E-state index is 13.4. The van der Waals surface area contributed by atoms with Crippen molar-refractivity contribution < 1.29 is 76.6 Å². The molecular formula is C48H78O16. The molecule has 9 rings (SSSR count). The summed E-state index contributed by atoms with van der Waals surface area (Å²) in [5.41, 5.74) is -0.429. The third kappa shape index (κ3) is 8.60. The minimum atomic E-state index is -0.888. The van der Waals surface area contributed by atoms with Gasteiger partial charge in [-0.1, -0.05) is 6.92 Å². The Hall–Kier alpha value is -0.930. The highest BCUT2D eigenvalue weighted by molar-refractivity contribution is 5.88. The van der Waals surface area contributed by atoms with Gasteiger partial charge in [0.25, 0.3) is 0 Å². The highest BCUT2D eigenvalue weighted by atomic mass is 16.8.